The lowest BCUT2D eigenvalue weighted by molar-refractivity contribution is -0.122. The standard InChI is InChI=1S/C14H23NO2S/c1-14(2,3)12(8-9-16)15-13(17)7-6-11-5-4-10-18-11/h4-5,10,12,16H,6-9H2,1-3H3,(H,15,17). The van der Waals surface area contributed by atoms with Gasteiger partial charge in [0, 0.05) is 23.9 Å². The minimum Gasteiger partial charge on any atom is -0.396 e. The van der Waals surface area contributed by atoms with Gasteiger partial charge in [-0.2, -0.15) is 0 Å². The summed E-state index contributed by atoms with van der Waals surface area (Å²) in [6.45, 7) is 6.33. The van der Waals surface area contributed by atoms with Crippen LogP contribution < -0.4 is 5.32 Å². The number of nitrogens with one attached hydrogen (secondary N) is 1. The molecule has 0 fully saturated rings. The predicted molar refractivity (Wildman–Crippen MR) is 75.7 cm³/mol. The summed E-state index contributed by atoms with van der Waals surface area (Å²) in [5.41, 5.74) is -0.0265. The van der Waals surface area contributed by atoms with E-state index in [1.165, 1.54) is 4.88 Å². The molecule has 0 saturated heterocycles. The molecule has 0 aliphatic rings. The van der Waals surface area contributed by atoms with Crippen molar-refractivity contribution in [3.63, 3.8) is 0 Å². The molecule has 0 spiro atoms. The third-order valence-electron chi connectivity index (χ3n) is 2.98. The van der Waals surface area contributed by atoms with Crippen LogP contribution in [0, 0.1) is 5.41 Å². The molecule has 0 saturated carbocycles. The first kappa shape index (κ1) is 15.2. The van der Waals surface area contributed by atoms with Crippen LogP contribution in [0.4, 0.5) is 0 Å². The summed E-state index contributed by atoms with van der Waals surface area (Å²) in [6.07, 6.45) is 1.91. The Morgan fingerprint density at radius 1 is 1.50 bits per heavy atom. The van der Waals surface area contributed by atoms with E-state index in [9.17, 15) is 4.79 Å². The van der Waals surface area contributed by atoms with E-state index in [4.69, 9.17) is 5.11 Å². The number of amides is 1. The Labute approximate surface area is 113 Å². The van der Waals surface area contributed by atoms with Crippen molar-refractivity contribution in [2.45, 2.75) is 46.1 Å². The average Bonchev–Trinajstić information content (AvgIpc) is 2.77. The van der Waals surface area contributed by atoms with Gasteiger partial charge in [0.2, 0.25) is 5.91 Å². The summed E-state index contributed by atoms with van der Waals surface area (Å²) >= 11 is 1.68. The largest absolute Gasteiger partial charge is 0.396 e. The minimum absolute atomic E-state index is 0.0262. The van der Waals surface area contributed by atoms with Gasteiger partial charge in [-0.25, -0.2) is 0 Å². The first-order chi connectivity index (χ1) is 8.43. The maximum Gasteiger partial charge on any atom is 0.220 e. The van der Waals surface area contributed by atoms with Gasteiger partial charge >= 0.3 is 0 Å². The lowest BCUT2D eigenvalue weighted by Crippen LogP contribution is -2.44. The molecule has 1 aromatic rings. The number of thiophene rings is 1. The maximum atomic E-state index is 11.9. The van der Waals surface area contributed by atoms with Crippen molar-refractivity contribution in [2.24, 2.45) is 5.41 Å². The van der Waals surface area contributed by atoms with Crippen molar-refractivity contribution in [1.82, 2.24) is 5.32 Å². The monoisotopic (exact) mass is 269 g/mol. The lowest BCUT2D eigenvalue weighted by atomic mass is 9.85. The predicted octanol–water partition coefficient (Wildman–Crippen LogP) is 2.59. The Hall–Kier alpha value is -0.870. The highest BCUT2D eigenvalue weighted by Gasteiger charge is 2.25. The molecule has 0 radical (unpaired) electrons. The number of carbonyl (C=O) groups is 1. The molecule has 2 N–H and O–H groups in total. The van der Waals surface area contributed by atoms with Crippen LogP contribution in [0.15, 0.2) is 17.5 Å². The highest BCUT2D eigenvalue weighted by Crippen LogP contribution is 2.21. The quantitative estimate of drug-likeness (QED) is 0.834. The van der Waals surface area contributed by atoms with Gasteiger partial charge in [0.05, 0.1) is 0 Å². The molecule has 0 aliphatic carbocycles. The fraction of sp³-hybridized carbons (Fsp3) is 0.643. The molecule has 1 unspecified atom stereocenters. The SMILES string of the molecule is CC(C)(C)C(CCO)NC(=O)CCc1cccs1. The highest BCUT2D eigenvalue weighted by atomic mass is 32.1. The molecule has 1 aromatic heterocycles. The molecular formula is C14H23NO2S. The normalized spacial score (nSPS) is 13.3. The van der Waals surface area contributed by atoms with Gasteiger partial charge in [-0.05, 0) is 29.7 Å². The summed E-state index contributed by atoms with van der Waals surface area (Å²) in [4.78, 5) is 13.1. The molecule has 0 bridgehead atoms. The summed E-state index contributed by atoms with van der Waals surface area (Å²) in [5.74, 6) is 0.0665. The first-order valence-electron chi connectivity index (χ1n) is 6.36. The number of aryl methyl sites for hydroxylation is 1. The zero-order chi connectivity index (χ0) is 13.6. The second kappa shape index (κ2) is 6.90. The number of hydrogen-bond acceptors (Lipinski definition) is 3. The van der Waals surface area contributed by atoms with Gasteiger partial charge in [-0.1, -0.05) is 26.8 Å². The van der Waals surface area contributed by atoms with Gasteiger partial charge in [0.15, 0.2) is 0 Å². The van der Waals surface area contributed by atoms with Crippen LogP contribution in [0.2, 0.25) is 0 Å². The van der Waals surface area contributed by atoms with E-state index in [-0.39, 0.29) is 24.0 Å². The van der Waals surface area contributed by atoms with Crippen LogP contribution >= 0.6 is 11.3 Å². The van der Waals surface area contributed by atoms with E-state index in [1.807, 2.05) is 17.5 Å². The molecule has 3 nitrogen and oxygen atoms in total. The van der Waals surface area contributed by atoms with Crippen LogP contribution in [0.5, 0.6) is 0 Å². The van der Waals surface area contributed by atoms with Crippen molar-refractivity contribution in [3.05, 3.63) is 22.4 Å². The smallest absolute Gasteiger partial charge is 0.220 e. The second-order valence-corrected chi connectivity index (χ2v) is 6.61. The number of hydrogen-bond donors (Lipinski definition) is 2. The molecule has 1 atom stereocenters. The second-order valence-electron chi connectivity index (χ2n) is 5.58. The molecule has 1 heterocycles. The number of carbonyl (C=O) groups excluding carboxylic acids is 1. The Balaban J connectivity index is 2.41. The average molecular weight is 269 g/mol. The van der Waals surface area contributed by atoms with Crippen molar-refractivity contribution < 1.29 is 9.90 Å². The van der Waals surface area contributed by atoms with E-state index in [0.717, 1.165) is 6.42 Å². The summed E-state index contributed by atoms with van der Waals surface area (Å²) < 4.78 is 0. The van der Waals surface area contributed by atoms with Crippen LogP contribution in [-0.4, -0.2) is 23.7 Å². The van der Waals surface area contributed by atoms with Crippen LogP contribution in [0.1, 0.15) is 38.5 Å². The number of aliphatic hydroxyl groups excluding tert-OH is 1. The van der Waals surface area contributed by atoms with Crippen molar-refractivity contribution in [1.29, 1.82) is 0 Å². The van der Waals surface area contributed by atoms with Gasteiger partial charge in [-0.15, -0.1) is 11.3 Å². The zero-order valence-corrected chi connectivity index (χ0v) is 12.2. The van der Waals surface area contributed by atoms with Crippen LogP contribution in [0.25, 0.3) is 0 Å². The van der Waals surface area contributed by atoms with E-state index >= 15 is 0 Å². The topological polar surface area (TPSA) is 49.3 Å². The Morgan fingerprint density at radius 3 is 2.72 bits per heavy atom. The number of rotatable bonds is 6. The third-order valence-corrected chi connectivity index (χ3v) is 3.91. The fourth-order valence-electron chi connectivity index (χ4n) is 1.81. The molecule has 1 amide bonds. The zero-order valence-electron chi connectivity index (χ0n) is 11.4. The molecule has 0 aliphatic heterocycles. The van der Waals surface area contributed by atoms with Crippen molar-refractivity contribution in [2.75, 3.05) is 6.61 Å². The van der Waals surface area contributed by atoms with E-state index in [2.05, 4.69) is 26.1 Å². The highest BCUT2D eigenvalue weighted by molar-refractivity contribution is 7.09. The third kappa shape index (κ3) is 5.19. The summed E-state index contributed by atoms with van der Waals surface area (Å²) in [6, 6.07) is 4.08. The molecule has 4 heteroatoms. The Kier molecular flexibility index (Phi) is 5.82. The van der Waals surface area contributed by atoms with E-state index < -0.39 is 0 Å². The molecular weight excluding hydrogens is 246 g/mol. The summed E-state index contributed by atoms with van der Waals surface area (Å²) in [5, 5.41) is 14.1. The number of aliphatic hydroxyl groups is 1. The maximum absolute atomic E-state index is 11.9. The van der Waals surface area contributed by atoms with Gasteiger partial charge < -0.3 is 10.4 Å². The molecule has 102 valence electrons. The lowest BCUT2D eigenvalue weighted by Gasteiger charge is -2.31. The van der Waals surface area contributed by atoms with Crippen LogP contribution in [0.3, 0.4) is 0 Å². The van der Waals surface area contributed by atoms with E-state index in [0.29, 0.717) is 12.8 Å². The molecule has 0 aromatic carbocycles. The fourth-order valence-corrected chi connectivity index (χ4v) is 2.52. The Bertz CT molecular complexity index is 354. The van der Waals surface area contributed by atoms with Gasteiger partial charge in [0.25, 0.3) is 0 Å². The van der Waals surface area contributed by atoms with Crippen molar-refractivity contribution in [3.8, 4) is 0 Å². The first-order valence-corrected chi connectivity index (χ1v) is 7.24. The van der Waals surface area contributed by atoms with Gasteiger partial charge in [-0.3, -0.25) is 4.79 Å². The Morgan fingerprint density at radius 2 is 2.22 bits per heavy atom. The van der Waals surface area contributed by atoms with Gasteiger partial charge in [0.1, 0.15) is 0 Å². The summed E-state index contributed by atoms with van der Waals surface area (Å²) in [7, 11) is 0. The van der Waals surface area contributed by atoms with Crippen LogP contribution in [-0.2, 0) is 11.2 Å². The van der Waals surface area contributed by atoms with Crippen molar-refractivity contribution >= 4 is 17.2 Å². The molecule has 18 heavy (non-hydrogen) atoms. The minimum atomic E-state index is -0.0265. The molecule has 1 rings (SSSR count). The van der Waals surface area contributed by atoms with E-state index in [1.54, 1.807) is 11.3 Å².